The first-order valence-electron chi connectivity index (χ1n) is 13.8. The molecule has 0 aliphatic carbocycles. The van der Waals surface area contributed by atoms with Crippen LogP contribution >= 0.6 is 11.6 Å². The number of hydrogen-bond donors (Lipinski definition) is 1. The zero-order valence-electron chi connectivity index (χ0n) is 23.3. The third kappa shape index (κ3) is 6.79. The number of nitrogens with zero attached hydrogens (tertiary/aromatic N) is 2. The van der Waals surface area contributed by atoms with Crippen molar-refractivity contribution in [3.8, 4) is 5.75 Å². The molecule has 0 bridgehead atoms. The summed E-state index contributed by atoms with van der Waals surface area (Å²) in [6.07, 6.45) is 0. The lowest BCUT2D eigenvalue weighted by molar-refractivity contribution is -0.118. The Morgan fingerprint density at radius 3 is 1.93 bits per heavy atom. The van der Waals surface area contributed by atoms with Gasteiger partial charge in [-0.1, -0.05) is 84.4 Å². The van der Waals surface area contributed by atoms with E-state index < -0.39 is 0 Å². The Kier molecular flexibility index (Phi) is 9.02. The number of anilines is 1. The van der Waals surface area contributed by atoms with Crippen molar-refractivity contribution in [2.45, 2.75) is 19.9 Å². The van der Waals surface area contributed by atoms with Crippen molar-refractivity contribution in [2.24, 2.45) is 0 Å². The molecule has 1 fully saturated rings. The van der Waals surface area contributed by atoms with Gasteiger partial charge in [0.1, 0.15) is 5.75 Å². The molecule has 5 rings (SSSR count). The third-order valence-corrected chi connectivity index (χ3v) is 8.00. The van der Waals surface area contributed by atoms with Gasteiger partial charge in [0.2, 0.25) is 0 Å². The third-order valence-electron chi connectivity index (χ3n) is 7.41. The van der Waals surface area contributed by atoms with Crippen molar-refractivity contribution < 1.29 is 14.3 Å². The topological polar surface area (TPSA) is 61.9 Å². The number of aryl methyl sites for hydroxylation is 2. The van der Waals surface area contributed by atoms with E-state index in [2.05, 4.69) is 58.7 Å². The molecule has 1 saturated heterocycles. The summed E-state index contributed by atoms with van der Waals surface area (Å²) in [5.41, 5.74) is 5.18. The number of para-hydroxylation sites is 1. The molecule has 0 saturated carbocycles. The fraction of sp³-hybridized carbons (Fsp3) is 0.235. The van der Waals surface area contributed by atoms with E-state index in [-0.39, 0.29) is 24.5 Å². The van der Waals surface area contributed by atoms with Crippen LogP contribution in [0.3, 0.4) is 0 Å². The summed E-state index contributed by atoms with van der Waals surface area (Å²) < 4.78 is 5.71. The van der Waals surface area contributed by atoms with Crippen LogP contribution < -0.4 is 10.1 Å². The lowest BCUT2D eigenvalue weighted by atomic mass is 9.96. The van der Waals surface area contributed by atoms with Crippen LogP contribution in [0.25, 0.3) is 0 Å². The maximum absolute atomic E-state index is 13.6. The molecule has 7 heteroatoms. The van der Waals surface area contributed by atoms with Gasteiger partial charge in [-0.05, 0) is 60.4 Å². The van der Waals surface area contributed by atoms with E-state index in [9.17, 15) is 9.59 Å². The molecule has 0 spiro atoms. The van der Waals surface area contributed by atoms with Crippen LogP contribution in [0.2, 0.25) is 5.02 Å². The second-order valence-electron chi connectivity index (χ2n) is 10.3. The van der Waals surface area contributed by atoms with E-state index in [0.29, 0.717) is 35.1 Å². The van der Waals surface area contributed by atoms with Gasteiger partial charge in [0.05, 0.1) is 17.3 Å². The number of rotatable bonds is 8. The second-order valence-corrected chi connectivity index (χ2v) is 10.7. The van der Waals surface area contributed by atoms with Crippen LogP contribution in [0.15, 0.2) is 97.1 Å². The average Bonchev–Trinajstić information content (AvgIpc) is 3.00. The first-order valence-corrected chi connectivity index (χ1v) is 14.2. The fourth-order valence-corrected chi connectivity index (χ4v) is 5.45. The Labute approximate surface area is 246 Å². The summed E-state index contributed by atoms with van der Waals surface area (Å²) in [5.74, 6) is 0.140. The number of ether oxygens (including phenoxy) is 1. The van der Waals surface area contributed by atoms with Crippen LogP contribution in [-0.4, -0.2) is 54.4 Å². The molecule has 0 unspecified atom stereocenters. The lowest BCUT2D eigenvalue weighted by Crippen LogP contribution is -2.50. The first-order chi connectivity index (χ1) is 19.9. The van der Waals surface area contributed by atoms with Crippen LogP contribution in [0.5, 0.6) is 5.75 Å². The molecule has 0 aromatic heterocycles. The predicted molar refractivity (Wildman–Crippen MR) is 164 cm³/mol. The molecule has 0 radical (unpaired) electrons. The lowest BCUT2D eigenvalue weighted by Gasteiger charge is -2.40. The summed E-state index contributed by atoms with van der Waals surface area (Å²) in [5, 5.41) is 3.55. The standard InChI is InChI=1S/C34H34ClN3O3/c1-24-21-28(22-25(2)32(24)35)41-23-31(39)36-30-16-10-9-15-29(30)34(40)38-19-17-37(18-20-38)33(26-11-5-3-6-12-26)27-13-7-4-8-14-27/h3-16,21-22,33H,17-20,23H2,1-2H3,(H,36,39). The number of carbonyl (C=O) groups excluding carboxylic acids is 2. The Bertz CT molecular complexity index is 1440. The van der Waals surface area contributed by atoms with Crippen LogP contribution in [-0.2, 0) is 4.79 Å². The van der Waals surface area contributed by atoms with Gasteiger partial charge in [0, 0.05) is 31.2 Å². The summed E-state index contributed by atoms with van der Waals surface area (Å²) in [4.78, 5) is 30.7. The maximum atomic E-state index is 13.6. The minimum atomic E-state index is -0.339. The number of carbonyl (C=O) groups is 2. The first kappa shape index (κ1) is 28.4. The normalized spacial score (nSPS) is 13.7. The monoisotopic (exact) mass is 567 g/mol. The van der Waals surface area contributed by atoms with Gasteiger partial charge in [-0.25, -0.2) is 0 Å². The summed E-state index contributed by atoms with van der Waals surface area (Å²) in [6, 6.07) is 31.8. The van der Waals surface area contributed by atoms with Crippen molar-refractivity contribution >= 4 is 29.1 Å². The van der Waals surface area contributed by atoms with Crippen LogP contribution in [0.4, 0.5) is 5.69 Å². The van der Waals surface area contributed by atoms with E-state index in [1.807, 2.05) is 36.9 Å². The smallest absolute Gasteiger partial charge is 0.262 e. The predicted octanol–water partition coefficient (Wildman–Crippen LogP) is 6.52. The number of halogens is 1. The Morgan fingerprint density at radius 1 is 0.805 bits per heavy atom. The highest BCUT2D eigenvalue weighted by Gasteiger charge is 2.29. The van der Waals surface area contributed by atoms with Crippen LogP contribution in [0, 0.1) is 13.8 Å². The van der Waals surface area contributed by atoms with E-state index in [0.717, 1.165) is 24.2 Å². The van der Waals surface area contributed by atoms with Crippen molar-refractivity contribution in [3.05, 3.63) is 130 Å². The molecule has 1 aliphatic heterocycles. The molecule has 210 valence electrons. The van der Waals surface area contributed by atoms with E-state index >= 15 is 0 Å². The SMILES string of the molecule is Cc1cc(OCC(=O)Nc2ccccc2C(=O)N2CCN(C(c3ccccc3)c3ccccc3)CC2)cc(C)c1Cl. The van der Waals surface area contributed by atoms with Gasteiger partial charge in [0.15, 0.2) is 6.61 Å². The molecule has 1 heterocycles. The number of piperazine rings is 1. The minimum Gasteiger partial charge on any atom is -0.484 e. The highest BCUT2D eigenvalue weighted by Crippen LogP contribution is 2.30. The van der Waals surface area contributed by atoms with E-state index in [1.165, 1.54) is 11.1 Å². The van der Waals surface area contributed by atoms with Gasteiger partial charge in [-0.3, -0.25) is 14.5 Å². The Balaban J connectivity index is 1.23. The molecule has 2 amide bonds. The number of nitrogens with one attached hydrogen (secondary N) is 1. The van der Waals surface area contributed by atoms with Gasteiger partial charge >= 0.3 is 0 Å². The highest BCUT2D eigenvalue weighted by atomic mass is 35.5. The van der Waals surface area contributed by atoms with Crippen molar-refractivity contribution in [3.63, 3.8) is 0 Å². The molecular formula is C34H34ClN3O3. The quantitative estimate of drug-likeness (QED) is 0.263. The van der Waals surface area contributed by atoms with Gasteiger partial charge in [-0.2, -0.15) is 0 Å². The van der Waals surface area contributed by atoms with Crippen molar-refractivity contribution in [1.29, 1.82) is 0 Å². The molecule has 4 aromatic carbocycles. The Morgan fingerprint density at radius 2 is 1.34 bits per heavy atom. The van der Waals surface area contributed by atoms with Gasteiger partial charge in [-0.15, -0.1) is 0 Å². The largest absolute Gasteiger partial charge is 0.484 e. The van der Waals surface area contributed by atoms with Gasteiger partial charge < -0.3 is 15.0 Å². The maximum Gasteiger partial charge on any atom is 0.262 e. The summed E-state index contributed by atoms with van der Waals surface area (Å²) >= 11 is 6.24. The molecule has 0 atom stereocenters. The molecule has 6 nitrogen and oxygen atoms in total. The van der Waals surface area contributed by atoms with E-state index in [1.54, 1.807) is 30.3 Å². The zero-order chi connectivity index (χ0) is 28.8. The average molecular weight is 568 g/mol. The second kappa shape index (κ2) is 13.0. The number of hydrogen-bond acceptors (Lipinski definition) is 4. The molecule has 41 heavy (non-hydrogen) atoms. The molecule has 1 N–H and O–H groups in total. The number of amides is 2. The molecule has 4 aromatic rings. The molecule has 1 aliphatic rings. The fourth-order valence-electron chi connectivity index (χ4n) is 5.34. The molecular weight excluding hydrogens is 534 g/mol. The Hall–Kier alpha value is -4.13. The van der Waals surface area contributed by atoms with Crippen molar-refractivity contribution in [2.75, 3.05) is 38.1 Å². The zero-order valence-corrected chi connectivity index (χ0v) is 24.1. The van der Waals surface area contributed by atoms with Crippen molar-refractivity contribution in [1.82, 2.24) is 9.80 Å². The summed E-state index contributed by atoms with van der Waals surface area (Å²) in [7, 11) is 0. The highest BCUT2D eigenvalue weighted by molar-refractivity contribution is 6.32. The van der Waals surface area contributed by atoms with E-state index in [4.69, 9.17) is 16.3 Å². The number of benzene rings is 4. The van der Waals surface area contributed by atoms with Crippen LogP contribution in [0.1, 0.15) is 38.7 Å². The minimum absolute atomic E-state index is 0.0959. The summed E-state index contributed by atoms with van der Waals surface area (Å²) in [6.45, 7) is 6.28. The van der Waals surface area contributed by atoms with Gasteiger partial charge in [0.25, 0.3) is 11.8 Å².